The number of rotatable bonds is 7. The van der Waals surface area contributed by atoms with Crippen LogP contribution in [0, 0.1) is 6.92 Å². The zero-order chi connectivity index (χ0) is 20.9. The summed E-state index contributed by atoms with van der Waals surface area (Å²) >= 11 is 0. The van der Waals surface area contributed by atoms with Gasteiger partial charge in [0, 0.05) is 6.42 Å². The highest BCUT2D eigenvalue weighted by Gasteiger charge is 2.24. The van der Waals surface area contributed by atoms with Gasteiger partial charge in [0.05, 0.1) is 6.04 Å². The Labute approximate surface area is 175 Å². The van der Waals surface area contributed by atoms with Crippen molar-refractivity contribution in [2.45, 2.75) is 31.8 Å². The summed E-state index contributed by atoms with van der Waals surface area (Å²) in [4.78, 5) is 17.2. The summed E-state index contributed by atoms with van der Waals surface area (Å²) in [5, 5.41) is 9.14. The zero-order valence-corrected chi connectivity index (χ0v) is 16.8. The lowest BCUT2D eigenvalue weighted by Crippen LogP contribution is -2.44. The standard InChI is InChI=1S/C24H24N4O2/c1-16-26-24(30-28-16)22(15-17-7-3-2-4-8-17)27-23(29)21(25)14-18-11-12-19-9-5-6-10-20(19)13-18/h2-13,21-22H,14-15,25H2,1H3,(H,27,29)/t21-,22-/m1/s1. The molecular formula is C24H24N4O2. The van der Waals surface area contributed by atoms with Gasteiger partial charge in [-0.15, -0.1) is 0 Å². The first-order valence-corrected chi connectivity index (χ1v) is 9.96. The van der Waals surface area contributed by atoms with Crippen molar-refractivity contribution in [2.75, 3.05) is 0 Å². The van der Waals surface area contributed by atoms with Gasteiger partial charge in [-0.1, -0.05) is 78.0 Å². The fourth-order valence-corrected chi connectivity index (χ4v) is 3.50. The third-order valence-electron chi connectivity index (χ3n) is 5.05. The fourth-order valence-electron chi connectivity index (χ4n) is 3.50. The molecule has 0 spiro atoms. The summed E-state index contributed by atoms with van der Waals surface area (Å²) in [5.74, 6) is 0.653. The second kappa shape index (κ2) is 8.88. The second-order valence-electron chi connectivity index (χ2n) is 7.42. The van der Waals surface area contributed by atoms with E-state index < -0.39 is 12.1 Å². The molecule has 2 atom stereocenters. The van der Waals surface area contributed by atoms with Crippen LogP contribution in [-0.4, -0.2) is 22.1 Å². The van der Waals surface area contributed by atoms with Crippen molar-refractivity contribution in [3.05, 3.63) is 95.6 Å². The number of nitrogens with two attached hydrogens (primary N) is 1. The van der Waals surface area contributed by atoms with Crippen molar-refractivity contribution in [3.8, 4) is 0 Å². The van der Waals surface area contributed by atoms with E-state index in [0.29, 0.717) is 24.6 Å². The molecule has 0 fully saturated rings. The zero-order valence-electron chi connectivity index (χ0n) is 16.8. The molecule has 0 bridgehead atoms. The molecule has 152 valence electrons. The Morgan fingerprint density at radius 2 is 1.70 bits per heavy atom. The molecule has 0 aliphatic carbocycles. The number of benzene rings is 3. The molecule has 4 rings (SSSR count). The summed E-state index contributed by atoms with van der Waals surface area (Å²) in [6, 6.07) is 23.0. The smallest absolute Gasteiger partial charge is 0.249 e. The van der Waals surface area contributed by atoms with E-state index in [-0.39, 0.29) is 5.91 Å². The molecule has 4 aromatic rings. The highest BCUT2D eigenvalue weighted by Crippen LogP contribution is 2.19. The molecule has 3 N–H and O–H groups in total. The maximum atomic E-state index is 12.9. The molecule has 1 heterocycles. The number of fused-ring (bicyclic) bond motifs is 1. The van der Waals surface area contributed by atoms with E-state index in [4.69, 9.17) is 10.3 Å². The molecule has 0 aliphatic rings. The first kappa shape index (κ1) is 19.8. The van der Waals surface area contributed by atoms with Crippen LogP contribution in [0.4, 0.5) is 0 Å². The van der Waals surface area contributed by atoms with Crippen molar-refractivity contribution in [1.29, 1.82) is 0 Å². The van der Waals surface area contributed by atoms with Crippen molar-refractivity contribution < 1.29 is 9.32 Å². The van der Waals surface area contributed by atoms with Crippen LogP contribution in [0.15, 0.2) is 77.3 Å². The van der Waals surface area contributed by atoms with Gasteiger partial charge in [-0.3, -0.25) is 4.79 Å². The maximum Gasteiger partial charge on any atom is 0.249 e. The van der Waals surface area contributed by atoms with Crippen molar-refractivity contribution >= 4 is 16.7 Å². The summed E-state index contributed by atoms with van der Waals surface area (Å²) in [6.45, 7) is 1.75. The van der Waals surface area contributed by atoms with Gasteiger partial charge in [-0.2, -0.15) is 4.98 Å². The van der Waals surface area contributed by atoms with E-state index in [1.54, 1.807) is 6.92 Å². The summed E-state index contributed by atoms with van der Waals surface area (Å²) in [6.07, 6.45) is 0.981. The van der Waals surface area contributed by atoms with Crippen molar-refractivity contribution in [2.24, 2.45) is 5.73 Å². The molecule has 0 saturated heterocycles. The average molecular weight is 400 g/mol. The number of amides is 1. The summed E-state index contributed by atoms with van der Waals surface area (Å²) in [7, 11) is 0. The minimum absolute atomic E-state index is 0.250. The SMILES string of the molecule is Cc1noc([C@@H](Cc2ccccc2)NC(=O)[C@H](N)Cc2ccc3ccccc3c2)n1. The van der Waals surface area contributed by atoms with Crippen molar-refractivity contribution in [3.63, 3.8) is 0 Å². The van der Waals surface area contributed by atoms with Gasteiger partial charge >= 0.3 is 0 Å². The molecule has 0 saturated carbocycles. The van der Waals surface area contributed by atoms with E-state index in [2.05, 4.69) is 39.7 Å². The van der Waals surface area contributed by atoms with Crippen LogP contribution < -0.4 is 11.1 Å². The Bertz CT molecular complexity index is 1140. The van der Waals surface area contributed by atoms with Gasteiger partial charge in [0.2, 0.25) is 11.8 Å². The third kappa shape index (κ3) is 4.72. The van der Waals surface area contributed by atoms with Gasteiger partial charge in [0.1, 0.15) is 6.04 Å². The average Bonchev–Trinajstić information content (AvgIpc) is 3.20. The Morgan fingerprint density at radius 1 is 0.967 bits per heavy atom. The lowest BCUT2D eigenvalue weighted by Gasteiger charge is -2.18. The second-order valence-corrected chi connectivity index (χ2v) is 7.42. The molecule has 0 radical (unpaired) electrons. The van der Waals surface area contributed by atoms with E-state index in [1.807, 2.05) is 48.5 Å². The van der Waals surface area contributed by atoms with E-state index in [0.717, 1.165) is 21.9 Å². The van der Waals surface area contributed by atoms with E-state index in [9.17, 15) is 4.79 Å². The maximum absolute atomic E-state index is 12.9. The van der Waals surface area contributed by atoms with Gasteiger partial charge in [-0.05, 0) is 35.2 Å². The molecule has 3 aromatic carbocycles. The lowest BCUT2D eigenvalue weighted by molar-refractivity contribution is -0.123. The van der Waals surface area contributed by atoms with Crippen LogP contribution in [-0.2, 0) is 17.6 Å². The van der Waals surface area contributed by atoms with Gasteiger partial charge in [-0.25, -0.2) is 0 Å². The summed E-state index contributed by atoms with van der Waals surface area (Å²) < 4.78 is 5.33. The molecule has 6 heteroatoms. The van der Waals surface area contributed by atoms with Crippen LogP contribution in [0.2, 0.25) is 0 Å². The van der Waals surface area contributed by atoms with Gasteiger partial charge in [0.25, 0.3) is 0 Å². The van der Waals surface area contributed by atoms with Crippen molar-refractivity contribution in [1.82, 2.24) is 15.5 Å². The summed E-state index contributed by atoms with van der Waals surface area (Å²) in [5.41, 5.74) is 8.31. The van der Waals surface area contributed by atoms with Crippen LogP contribution in [0.5, 0.6) is 0 Å². The van der Waals surface area contributed by atoms with Crippen LogP contribution in [0.1, 0.15) is 28.9 Å². The van der Waals surface area contributed by atoms with Gasteiger partial charge < -0.3 is 15.6 Å². The predicted octanol–water partition coefficient (Wildman–Crippen LogP) is 3.50. The van der Waals surface area contributed by atoms with Crippen LogP contribution >= 0.6 is 0 Å². The van der Waals surface area contributed by atoms with E-state index >= 15 is 0 Å². The Balaban J connectivity index is 1.47. The lowest BCUT2D eigenvalue weighted by atomic mass is 10.0. The van der Waals surface area contributed by atoms with E-state index in [1.165, 1.54) is 0 Å². The normalized spacial score (nSPS) is 13.1. The largest absolute Gasteiger partial charge is 0.343 e. The Hall–Kier alpha value is -3.51. The molecule has 1 aromatic heterocycles. The van der Waals surface area contributed by atoms with Gasteiger partial charge in [0.15, 0.2) is 5.82 Å². The highest BCUT2D eigenvalue weighted by molar-refractivity contribution is 5.84. The number of hydrogen-bond donors (Lipinski definition) is 2. The Morgan fingerprint density at radius 3 is 2.43 bits per heavy atom. The first-order chi connectivity index (χ1) is 14.6. The Kier molecular flexibility index (Phi) is 5.86. The minimum Gasteiger partial charge on any atom is -0.343 e. The quantitative estimate of drug-likeness (QED) is 0.495. The molecular weight excluding hydrogens is 376 g/mol. The molecule has 0 aliphatic heterocycles. The number of carbonyl (C=O) groups is 1. The monoisotopic (exact) mass is 400 g/mol. The topological polar surface area (TPSA) is 94.0 Å². The number of carbonyl (C=O) groups excluding carboxylic acids is 1. The molecule has 30 heavy (non-hydrogen) atoms. The minimum atomic E-state index is -0.687. The van der Waals surface area contributed by atoms with Crippen LogP contribution in [0.3, 0.4) is 0 Å². The molecule has 6 nitrogen and oxygen atoms in total. The number of aromatic nitrogens is 2. The highest BCUT2D eigenvalue weighted by atomic mass is 16.5. The number of nitrogens with one attached hydrogen (secondary N) is 1. The number of hydrogen-bond acceptors (Lipinski definition) is 5. The van der Waals surface area contributed by atoms with Crippen LogP contribution in [0.25, 0.3) is 10.8 Å². The number of aryl methyl sites for hydroxylation is 1. The first-order valence-electron chi connectivity index (χ1n) is 9.96. The molecule has 0 unspecified atom stereocenters. The number of nitrogens with zero attached hydrogens (tertiary/aromatic N) is 2. The third-order valence-corrected chi connectivity index (χ3v) is 5.05. The fraction of sp³-hybridized carbons (Fsp3) is 0.208. The molecule has 1 amide bonds. The predicted molar refractivity (Wildman–Crippen MR) is 116 cm³/mol.